The van der Waals surface area contributed by atoms with Crippen LogP contribution in [-0.2, 0) is 0 Å². The molecule has 3 aromatic heterocycles. The van der Waals surface area contributed by atoms with Crippen molar-refractivity contribution in [3.8, 4) is 10.7 Å². The highest BCUT2D eigenvalue weighted by atomic mass is 32.1. The quantitative estimate of drug-likeness (QED) is 0.797. The topological polar surface area (TPSA) is 68.5 Å². The van der Waals surface area contributed by atoms with Crippen molar-refractivity contribution in [3.63, 3.8) is 0 Å². The van der Waals surface area contributed by atoms with Gasteiger partial charge >= 0.3 is 0 Å². The number of nitrogens with one attached hydrogen (secondary N) is 1. The molecule has 0 aromatic carbocycles. The first-order chi connectivity index (χ1) is 9.88. The van der Waals surface area contributed by atoms with Crippen molar-refractivity contribution in [1.82, 2.24) is 25.1 Å². The lowest BCUT2D eigenvalue weighted by Crippen LogP contribution is -2.11. The van der Waals surface area contributed by atoms with Crippen LogP contribution in [0.2, 0.25) is 0 Å². The van der Waals surface area contributed by atoms with E-state index in [1.165, 1.54) is 18.4 Å². The van der Waals surface area contributed by atoms with E-state index in [9.17, 15) is 0 Å². The highest BCUT2D eigenvalue weighted by Gasteiger charge is 2.24. The summed E-state index contributed by atoms with van der Waals surface area (Å²) in [6, 6.07) is 3.95. The fourth-order valence-corrected chi connectivity index (χ4v) is 2.66. The second kappa shape index (κ2) is 4.68. The van der Waals surface area contributed by atoms with Gasteiger partial charge in [0.05, 0.1) is 23.5 Å². The van der Waals surface area contributed by atoms with Crippen LogP contribution < -0.4 is 5.43 Å². The highest BCUT2D eigenvalue weighted by Crippen LogP contribution is 2.39. The van der Waals surface area contributed by atoms with Gasteiger partial charge in [-0.2, -0.15) is 15.0 Å². The molecule has 1 saturated carbocycles. The predicted molar refractivity (Wildman–Crippen MR) is 76.4 cm³/mol. The zero-order valence-electron chi connectivity index (χ0n) is 10.6. The molecule has 1 aliphatic rings. The van der Waals surface area contributed by atoms with Gasteiger partial charge in [0, 0.05) is 0 Å². The van der Waals surface area contributed by atoms with Crippen molar-refractivity contribution in [3.05, 3.63) is 41.7 Å². The molecule has 6 nitrogen and oxygen atoms in total. The van der Waals surface area contributed by atoms with Crippen LogP contribution in [0.15, 0.2) is 36.1 Å². The molecular formula is C13H12N6S. The molecule has 0 amide bonds. The zero-order chi connectivity index (χ0) is 13.4. The molecule has 0 aliphatic heterocycles. The van der Waals surface area contributed by atoms with Crippen LogP contribution >= 0.6 is 11.3 Å². The van der Waals surface area contributed by atoms with Crippen LogP contribution in [0.3, 0.4) is 0 Å². The molecule has 3 heterocycles. The third kappa shape index (κ3) is 2.27. The first-order valence-corrected chi connectivity index (χ1v) is 7.32. The van der Waals surface area contributed by atoms with Gasteiger partial charge in [-0.1, -0.05) is 6.07 Å². The van der Waals surface area contributed by atoms with E-state index in [2.05, 4.69) is 25.7 Å². The van der Waals surface area contributed by atoms with Crippen molar-refractivity contribution in [1.29, 1.82) is 0 Å². The Morgan fingerprint density at radius 3 is 3.05 bits per heavy atom. The molecule has 4 rings (SSSR count). The lowest BCUT2D eigenvalue weighted by molar-refractivity contribution is 0.789. The first kappa shape index (κ1) is 11.5. The molecule has 0 atom stereocenters. The molecule has 7 heteroatoms. The van der Waals surface area contributed by atoms with Gasteiger partial charge in [0.1, 0.15) is 0 Å². The minimum absolute atomic E-state index is 0.625. The van der Waals surface area contributed by atoms with Gasteiger partial charge in [-0.05, 0) is 35.8 Å². The van der Waals surface area contributed by atoms with Gasteiger partial charge in [-0.25, -0.2) is 4.98 Å². The molecule has 0 spiro atoms. The number of hydrogen-bond acceptors (Lipinski definition) is 6. The van der Waals surface area contributed by atoms with Crippen molar-refractivity contribution in [2.75, 3.05) is 5.43 Å². The van der Waals surface area contributed by atoms with Crippen LogP contribution in [0, 0.1) is 0 Å². The van der Waals surface area contributed by atoms with E-state index in [0.29, 0.717) is 17.6 Å². The van der Waals surface area contributed by atoms with Crippen molar-refractivity contribution >= 4 is 17.2 Å². The van der Waals surface area contributed by atoms with Gasteiger partial charge < -0.3 is 0 Å². The summed E-state index contributed by atoms with van der Waals surface area (Å²) in [5.41, 5.74) is 4.38. The second-order valence-corrected chi connectivity index (χ2v) is 5.69. The van der Waals surface area contributed by atoms with Crippen molar-refractivity contribution < 1.29 is 0 Å². The van der Waals surface area contributed by atoms with Crippen LogP contribution in [-0.4, -0.2) is 25.1 Å². The number of aromatic nitrogens is 5. The summed E-state index contributed by atoms with van der Waals surface area (Å²) in [6.45, 7) is 0. The Morgan fingerprint density at radius 1 is 1.30 bits per heavy atom. The standard InChI is InChI=1S/C13H12N6S/c1-2-11(20-5-1)13-16-12(7-14-17-13)18-19-8-10(6-15-19)9-3-4-9/h1-2,5-9H,3-4H2,(H,16,17,18). The minimum Gasteiger partial charge on any atom is -0.260 e. The average molecular weight is 284 g/mol. The summed E-state index contributed by atoms with van der Waals surface area (Å²) >= 11 is 1.59. The summed E-state index contributed by atoms with van der Waals surface area (Å²) in [4.78, 5) is 7.12. The summed E-state index contributed by atoms with van der Waals surface area (Å²) in [5.74, 6) is 1.95. The van der Waals surface area contributed by atoms with E-state index < -0.39 is 0 Å². The van der Waals surface area contributed by atoms with Gasteiger partial charge in [0.15, 0.2) is 11.6 Å². The molecule has 0 bridgehead atoms. The Balaban J connectivity index is 1.57. The van der Waals surface area contributed by atoms with Crippen molar-refractivity contribution in [2.24, 2.45) is 0 Å². The van der Waals surface area contributed by atoms with Gasteiger partial charge in [0.2, 0.25) is 0 Å². The first-order valence-electron chi connectivity index (χ1n) is 6.44. The average Bonchev–Trinajstić information content (AvgIpc) is 3.00. The molecule has 100 valence electrons. The van der Waals surface area contributed by atoms with E-state index in [-0.39, 0.29) is 0 Å². The van der Waals surface area contributed by atoms with Crippen molar-refractivity contribution in [2.45, 2.75) is 18.8 Å². The molecular weight excluding hydrogens is 272 g/mol. The third-order valence-electron chi connectivity index (χ3n) is 3.18. The summed E-state index contributed by atoms with van der Waals surface area (Å²) in [6.07, 6.45) is 8.03. The Labute approximate surface area is 119 Å². The Morgan fingerprint density at radius 2 is 2.25 bits per heavy atom. The van der Waals surface area contributed by atoms with Crippen LogP contribution in [0.5, 0.6) is 0 Å². The molecule has 3 aromatic rings. The molecule has 0 radical (unpaired) electrons. The van der Waals surface area contributed by atoms with E-state index in [4.69, 9.17) is 0 Å². The SMILES string of the molecule is c1csc(-c2nncc(Nn3cc(C4CC4)cn3)n2)c1. The van der Waals surface area contributed by atoms with Gasteiger partial charge in [-0.3, -0.25) is 5.43 Å². The number of thiophene rings is 1. The maximum Gasteiger partial charge on any atom is 0.193 e. The van der Waals surface area contributed by atoms with E-state index in [0.717, 1.165) is 4.88 Å². The Bertz CT molecular complexity index is 716. The van der Waals surface area contributed by atoms with Gasteiger partial charge in [0.25, 0.3) is 0 Å². The monoisotopic (exact) mass is 284 g/mol. The number of anilines is 1. The lowest BCUT2D eigenvalue weighted by atomic mass is 10.2. The van der Waals surface area contributed by atoms with Gasteiger partial charge in [-0.15, -0.1) is 16.4 Å². The molecule has 1 fully saturated rings. The minimum atomic E-state index is 0.625. The lowest BCUT2D eigenvalue weighted by Gasteiger charge is -2.04. The Kier molecular flexibility index (Phi) is 2.70. The largest absolute Gasteiger partial charge is 0.260 e. The summed E-state index contributed by atoms with van der Waals surface area (Å²) < 4.78 is 0. The second-order valence-electron chi connectivity index (χ2n) is 4.75. The molecule has 0 unspecified atom stereocenters. The fraction of sp³-hybridized carbons (Fsp3) is 0.231. The molecule has 1 N–H and O–H groups in total. The van der Waals surface area contributed by atoms with Crippen LogP contribution in [0.4, 0.5) is 5.82 Å². The number of hydrogen-bond donors (Lipinski definition) is 1. The third-order valence-corrected chi connectivity index (χ3v) is 4.05. The summed E-state index contributed by atoms with van der Waals surface area (Å²) in [7, 11) is 0. The normalized spacial score (nSPS) is 14.4. The van der Waals surface area contributed by atoms with E-state index >= 15 is 0 Å². The Hall–Kier alpha value is -2.28. The maximum absolute atomic E-state index is 4.45. The smallest absolute Gasteiger partial charge is 0.193 e. The maximum atomic E-state index is 4.45. The fourth-order valence-electron chi connectivity index (χ4n) is 2.01. The molecule has 0 saturated heterocycles. The van der Waals surface area contributed by atoms with E-state index in [1.54, 1.807) is 22.3 Å². The van der Waals surface area contributed by atoms with Crippen LogP contribution in [0.25, 0.3) is 10.7 Å². The molecule has 1 aliphatic carbocycles. The van der Waals surface area contributed by atoms with Crippen LogP contribution in [0.1, 0.15) is 24.3 Å². The number of rotatable bonds is 4. The predicted octanol–water partition coefficient (Wildman–Crippen LogP) is 2.55. The number of nitrogens with zero attached hydrogens (tertiary/aromatic N) is 5. The summed E-state index contributed by atoms with van der Waals surface area (Å²) in [5, 5.41) is 14.3. The highest BCUT2D eigenvalue weighted by molar-refractivity contribution is 7.13. The molecule has 20 heavy (non-hydrogen) atoms. The van der Waals surface area contributed by atoms with E-state index in [1.807, 2.05) is 29.9 Å². The zero-order valence-corrected chi connectivity index (χ0v) is 11.4.